The van der Waals surface area contributed by atoms with Crippen LogP contribution in [0.25, 0.3) is 0 Å². The number of esters is 2. The van der Waals surface area contributed by atoms with Crippen molar-refractivity contribution < 1.29 is 36.6 Å². The molecule has 0 aliphatic heterocycles. The molecule has 0 amide bonds. The predicted molar refractivity (Wildman–Crippen MR) is 103 cm³/mol. The lowest BCUT2D eigenvalue weighted by atomic mass is 10.1. The average Bonchev–Trinajstić information content (AvgIpc) is 2.68. The number of hydrogen-bond acceptors (Lipinski definition) is 4. The molecule has 0 N–H and O–H groups in total. The zero-order valence-electron chi connectivity index (χ0n) is 17.3. The Morgan fingerprint density at radius 2 is 1.34 bits per heavy atom. The largest absolute Gasteiger partial charge is 0.465 e. The van der Waals surface area contributed by atoms with Gasteiger partial charge in [0, 0.05) is 0 Å². The highest BCUT2D eigenvalue weighted by atomic mass is 19.3. The van der Waals surface area contributed by atoms with E-state index < -0.39 is 37.3 Å². The van der Waals surface area contributed by atoms with Gasteiger partial charge < -0.3 is 9.47 Å². The third kappa shape index (κ3) is 17.0. The van der Waals surface area contributed by atoms with Crippen molar-refractivity contribution in [2.24, 2.45) is 0 Å². The van der Waals surface area contributed by atoms with Crippen LogP contribution in [0.3, 0.4) is 0 Å². The Bertz CT molecular complexity index is 468. The minimum absolute atomic E-state index is 0.158. The number of hydrogen-bond donors (Lipinski definition) is 0. The summed E-state index contributed by atoms with van der Waals surface area (Å²) in [5.41, 5.74) is 0. The number of alkyl halides is 4. The van der Waals surface area contributed by atoms with E-state index in [9.17, 15) is 27.2 Å². The van der Waals surface area contributed by atoms with E-state index >= 15 is 0 Å². The maximum Gasteiger partial charge on any atom is 0.340 e. The van der Waals surface area contributed by atoms with Crippen molar-refractivity contribution in [2.75, 3.05) is 13.2 Å². The molecule has 4 nitrogen and oxygen atoms in total. The summed E-state index contributed by atoms with van der Waals surface area (Å²) >= 11 is 0. The van der Waals surface area contributed by atoms with Gasteiger partial charge in [-0.25, -0.2) is 8.78 Å². The minimum Gasteiger partial charge on any atom is -0.465 e. The third-order valence-electron chi connectivity index (χ3n) is 4.22. The topological polar surface area (TPSA) is 52.6 Å². The number of allylic oxidation sites excluding steroid dienone is 1. The lowest BCUT2D eigenvalue weighted by Gasteiger charge is -2.14. The quantitative estimate of drug-likeness (QED) is 0.113. The molecule has 0 heterocycles. The number of carbonyl (C=O) groups excluding carboxylic acids is 2. The van der Waals surface area contributed by atoms with Gasteiger partial charge in [-0.05, 0) is 19.3 Å². The maximum absolute atomic E-state index is 12.6. The van der Waals surface area contributed by atoms with Crippen molar-refractivity contribution >= 4 is 11.9 Å². The highest BCUT2D eigenvalue weighted by Gasteiger charge is 2.42. The van der Waals surface area contributed by atoms with E-state index in [2.05, 4.69) is 11.7 Å². The van der Waals surface area contributed by atoms with Crippen LogP contribution in [0.2, 0.25) is 0 Å². The van der Waals surface area contributed by atoms with E-state index in [1.54, 1.807) is 0 Å². The summed E-state index contributed by atoms with van der Waals surface area (Å²) in [7, 11) is 0. The molecule has 0 unspecified atom stereocenters. The number of rotatable bonds is 18. The number of halogens is 4. The van der Waals surface area contributed by atoms with Gasteiger partial charge in [-0.3, -0.25) is 9.59 Å². The van der Waals surface area contributed by atoms with Crippen LogP contribution < -0.4 is 0 Å². The zero-order chi connectivity index (χ0) is 22.0. The molecule has 0 aliphatic carbocycles. The number of unbranched alkanes of at least 4 members (excludes halogenated alkanes) is 8. The number of carbonyl (C=O) groups is 2. The second kappa shape index (κ2) is 17.3. The Kier molecular flexibility index (Phi) is 16.3. The van der Waals surface area contributed by atoms with Crippen LogP contribution >= 0.6 is 0 Å². The first kappa shape index (κ1) is 27.4. The number of ether oxygens (including phenoxy) is 2. The zero-order valence-corrected chi connectivity index (χ0v) is 17.3. The molecule has 0 saturated heterocycles. The molecular formula is C21H34F4O4. The molecule has 0 radical (unpaired) electrons. The smallest absolute Gasteiger partial charge is 0.340 e. The minimum atomic E-state index is -4.39. The van der Waals surface area contributed by atoms with E-state index in [1.807, 2.05) is 12.2 Å². The van der Waals surface area contributed by atoms with Gasteiger partial charge in [-0.15, -0.1) is 0 Å². The molecule has 0 aromatic carbocycles. The predicted octanol–water partition coefficient (Wildman–Crippen LogP) is 6.23. The Morgan fingerprint density at radius 3 is 1.93 bits per heavy atom. The van der Waals surface area contributed by atoms with Gasteiger partial charge in [0.05, 0.1) is 19.4 Å². The van der Waals surface area contributed by atoms with Gasteiger partial charge in [0.15, 0.2) is 6.61 Å². The monoisotopic (exact) mass is 426 g/mol. The van der Waals surface area contributed by atoms with E-state index in [4.69, 9.17) is 4.74 Å². The van der Waals surface area contributed by atoms with Gasteiger partial charge in [0.25, 0.3) is 0 Å². The Morgan fingerprint density at radius 1 is 0.828 bits per heavy atom. The first-order valence-electron chi connectivity index (χ1n) is 10.4. The Balaban J connectivity index is 3.55. The van der Waals surface area contributed by atoms with Crippen molar-refractivity contribution in [1.82, 2.24) is 0 Å². The molecule has 0 saturated carbocycles. The van der Waals surface area contributed by atoms with Crippen molar-refractivity contribution in [3.05, 3.63) is 12.2 Å². The summed E-state index contributed by atoms with van der Waals surface area (Å²) in [5.74, 6) is -6.21. The van der Waals surface area contributed by atoms with E-state index in [1.165, 1.54) is 44.9 Å². The summed E-state index contributed by atoms with van der Waals surface area (Å²) in [6.07, 6.45) is 10.9. The first-order chi connectivity index (χ1) is 13.8. The normalized spacial score (nSPS) is 11.9. The molecule has 170 valence electrons. The third-order valence-corrected chi connectivity index (χ3v) is 4.22. The summed E-state index contributed by atoms with van der Waals surface area (Å²) in [6.45, 7) is 0.658. The van der Waals surface area contributed by atoms with E-state index in [-0.39, 0.29) is 13.0 Å². The molecule has 0 rings (SSSR count). The Labute approximate surface area is 171 Å². The average molecular weight is 426 g/mol. The molecule has 29 heavy (non-hydrogen) atoms. The molecule has 0 bridgehead atoms. The van der Waals surface area contributed by atoms with Crippen LogP contribution in [-0.2, 0) is 19.1 Å². The summed E-state index contributed by atoms with van der Waals surface area (Å²) < 4.78 is 58.0. The maximum atomic E-state index is 12.6. The van der Waals surface area contributed by atoms with Gasteiger partial charge in [-0.2, -0.15) is 8.78 Å². The lowest BCUT2D eigenvalue weighted by molar-refractivity contribution is -0.180. The van der Waals surface area contributed by atoms with Gasteiger partial charge in [-0.1, -0.05) is 64.0 Å². The molecular weight excluding hydrogens is 392 g/mol. The van der Waals surface area contributed by atoms with Gasteiger partial charge >= 0.3 is 24.3 Å². The van der Waals surface area contributed by atoms with E-state index in [0.717, 1.165) is 12.8 Å². The van der Waals surface area contributed by atoms with Gasteiger partial charge in [0.2, 0.25) is 0 Å². The molecule has 0 spiro atoms. The highest BCUT2D eigenvalue weighted by Crippen LogP contribution is 2.23. The fourth-order valence-corrected chi connectivity index (χ4v) is 2.46. The van der Waals surface area contributed by atoms with Crippen LogP contribution in [0.1, 0.15) is 84.0 Å². The van der Waals surface area contributed by atoms with Crippen molar-refractivity contribution in [1.29, 1.82) is 0 Å². The molecule has 0 aromatic rings. The van der Waals surface area contributed by atoms with Gasteiger partial charge in [0.1, 0.15) is 0 Å². The lowest BCUT2D eigenvalue weighted by Crippen LogP contribution is -2.33. The second-order valence-electron chi connectivity index (χ2n) is 6.97. The molecule has 8 heteroatoms. The fraction of sp³-hybridized carbons (Fsp3) is 0.810. The standard InChI is InChI=1S/C21H34F4O4/c1-2-3-4-5-6-7-8-9-10-11-12-13-16-28-18(26)14-15-19(27)29-17-21(24,25)20(22)23/h11-12,20H,2-10,13-17H2,1H3/b12-11+. The summed E-state index contributed by atoms with van der Waals surface area (Å²) in [4.78, 5) is 22.6. The molecule has 0 aromatic heterocycles. The van der Waals surface area contributed by atoms with Crippen LogP contribution in [0, 0.1) is 0 Å². The van der Waals surface area contributed by atoms with E-state index in [0.29, 0.717) is 6.42 Å². The summed E-state index contributed by atoms with van der Waals surface area (Å²) in [6, 6.07) is 0. The molecule has 0 fully saturated rings. The van der Waals surface area contributed by atoms with Crippen molar-refractivity contribution in [3.8, 4) is 0 Å². The second-order valence-corrected chi connectivity index (χ2v) is 6.97. The fourth-order valence-electron chi connectivity index (χ4n) is 2.46. The SMILES string of the molecule is CCCCCCCCCC/C=C/CCOC(=O)CCC(=O)OCC(F)(F)C(F)F. The van der Waals surface area contributed by atoms with Crippen LogP contribution in [-0.4, -0.2) is 37.5 Å². The van der Waals surface area contributed by atoms with Crippen molar-refractivity contribution in [3.63, 3.8) is 0 Å². The first-order valence-corrected chi connectivity index (χ1v) is 10.4. The summed E-state index contributed by atoms with van der Waals surface area (Å²) in [5, 5.41) is 0. The van der Waals surface area contributed by atoms with Crippen LogP contribution in [0.15, 0.2) is 12.2 Å². The van der Waals surface area contributed by atoms with Crippen LogP contribution in [0.5, 0.6) is 0 Å². The van der Waals surface area contributed by atoms with Crippen LogP contribution in [0.4, 0.5) is 17.6 Å². The molecule has 0 aliphatic rings. The molecule has 0 atom stereocenters. The van der Waals surface area contributed by atoms with Crippen molar-refractivity contribution in [2.45, 2.75) is 96.3 Å². The Hall–Kier alpha value is -1.60. The highest BCUT2D eigenvalue weighted by molar-refractivity contribution is 5.77.